The first kappa shape index (κ1) is 24.7. The van der Waals surface area contributed by atoms with Gasteiger partial charge in [-0.2, -0.15) is 0 Å². The van der Waals surface area contributed by atoms with Crippen molar-refractivity contribution in [3.8, 4) is 5.75 Å². The maximum atomic E-state index is 13.8. The van der Waals surface area contributed by atoms with E-state index in [2.05, 4.69) is 5.32 Å². The molecule has 0 radical (unpaired) electrons. The normalized spacial score (nSPS) is 21.1. The van der Waals surface area contributed by atoms with Gasteiger partial charge >= 0.3 is 0 Å². The van der Waals surface area contributed by atoms with Gasteiger partial charge in [0.15, 0.2) is 11.4 Å². The van der Waals surface area contributed by atoms with Gasteiger partial charge in [0.2, 0.25) is 5.43 Å². The number of hydrogen-bond acceptors (Lipinski definition) is 5. The van der Waals surface area contributed by atoms with Crippen LogP contribution in [0.15, 0.2) is 29.2 Å². The van der Waals surface area contributed by atoms with Crippen molar-refractivity contribution in [2.75, 3.05) is 13.2 Å². The zero-order chi connectivity index (χ0) is 23.4. The topological polar surface area (TPSA) is 112 Å². The number of aliphatic hydroxyl groups excluding tert-OH is 1. The third-order valence-electron chi connectivity index (χ3n) is 6.31. The van der Waals surface area contributed by atoms with E-state index in [-0.39, 0.29) is 55.3 Å². The molecule has 1 saturated carbocycles. The molecule has 1 fully saturated rings. The highest BCUT2D eigenvalue weighted by atomic mass is 35.5. The lowest BCUT2D eigenvalue weighted by molar-refractivity contribution is 0.0551. The van der Waals surface area contributed by atoms with Gasteiger partial charge in [0.1, 0.15) is 17.2 Å². The molecule has 1 aliphatic carbocycles. The number of benzene rings is 1. The fraction of sp³-hybridized carbons (Fsp3) is 0.409. The summed E-state index contributed by atoms with van der Waals surface area (Å²) in [6.45, 7) is 3.42. The van der Waals surface area contributed by atoms with Gasteiger partial charge in [-0.25, -0.2) is 8.78 Å². The SMILES string of the molecule is CC(C)N1C[C@]2(C[C@@H]2CO)n2cc(C(=O)NCc3ccc(F)cc3F)c(=O)c(O)c2C1=O.Cl. The van der Waals surface area contributed by atoms with E-state index in [1.54, 1.807) is 0 Å². The van der Waals surface area contributed by atoms with Gasteiger partial charge in [-0.1, -0.05) is 6.07 Å². The number of hydrogen-bond donors (Lipinski definition) is 3. The van der Waals surface area contributed by atoms with Gasteiger partial charge < -0.3 is 25.0 Å². The summed E-state index contributed by atoms with van der Waals surface area (Å²) < 4.78 is 28.3. The molecule has 178 valence electrons. The monoisotopic (exact) mass is 483 g/mol. The zero-order valence-electron chi connectivity index (χ0n) is 18.0. The van der Waals surface area contributed by atoms with E-state index in [1.165, 1.54) is 21.7 Å². The maximum Gasteiger partial charge on any atom is 0.274 e. The van der Waals surface area contributed by atoms with Gasteiger partial charge in [0.05, 0.1) is 5.54 Å². The van der Waals surface area contributed by atoms with Crippen LogP contribution in [0.3, 0.4) is 0 Å². The standard InChI is InChI=1S/C22H23F2N3O5.ClH/c1-11(2)26-10-22(6-13(22)9-28)27-8-15(18(29)19(30)17(27)21(26)32)20(31)25-7-12-3-4-14(23)5-16(12)24;/h3-5,8,11,13,28,30H,6-7,9-10H2,1-2H3,(H,25,31);1H/t13-,22+;/m1./s1. The number of carbonyl (C=O) groups is 2. The molecule has 8 nitrogen and oxygen atoms in total. The van der Waals surface area contributed by atoms with E-state index in [1.807, 2.05) is 13.8 Å². The lowest BCUT2D eigenvalue weighted by Gasteiger charge is -2.39. The Balaban J connectivity index is 0.00000306. The van der Waals surface area contributed by atoms with Crippen LogP contribution in [0.25, 0.3) is 0 Å². The number of halogens is 3. The third kappa shape index (κ3) is 3.97. The molecule has 2 aliphatic rings. The molecule has 2 aromatic rings. The van der Waals surface area contributed by atoms with E-state index in [0.717, 1.165) is 6.07 Å². The minimum atomic E-state index is -1.02. The van der Waals surface area contributed by atoms with Crippen LogP contribution in [0.4, 0.5) is 8.78 Å². The van der Waals surface area contributed by atoms with E-state index >= 15 is 0 Å². The van der Waals surface area contributed by atoms with Crippen molar-refractivity contribution in [1.29, 1.82) is 0 Å². The number of carbonyl (C=O) groups excluding carboxylic acids is 2. The lowest BCUT2D eigenvalue weighted by Crippen LogP contribution is -2.52. The number of rotatable bonds is 5. The van der Waals surface area contributed by atoms with Crippen molar-refractivity contribution >= 4 is 24.2 Å². The highest BCUT2D eigenvalue weighted by Crippen LogP contribution is 2.53. The second-order valence-electron chi connectivity index (χ2n) is 8.57. The first-order valence-electron chi connectivity index (χ1n) is 10.2. The predicted molar refractivity (Wildman–Crippen MR) is 116 cm³/mol. The van der Waals surface area contributed by atoms with Crippen molar-refractivity contribution in [1.82, 2.24) is 14.8 Å². The van der Waals surface area contributed by atoms with Gasteiger partial charge in [-0.15, -0.1) is 12.4 Å². The average Bonchev–Trinajstić information content (AvgIpc) is 3.45. The summed E-state index contributed by atoms with van der Waals surface area (Å²) in [7, 11) is 0. The maximum absolute atomic E-state index is 13.8. The molecule has 0 bridgehead atoms. The molecular formula is C22H24ClF2N3O5. The Bertz CT molecular complexity index is 1190. The molecule has 1 aliphatic heterocycles. The van der Waals surface area contributed by atoms with Gasteiger partial charge in [-0.3, -0.25) is 14.4 Å². The van der Waals surface area contributed by atoms with Crippen LogP contribution in [0.5, 0.6) is 5.75 Å². The second-order valence-corrected chi connectivity index (χ2v) is 8.57. The molecule has 1 aromatic carbocycles. The predicted octanol–water partition coefficient (Wildman–Crippen LogP) is 1.76. The Morgan fingerprint density at radius 3 is 2.58 bits per heavy atom. The van der Waals surface area contributed by atoms with Crippen molar-refractivity contribution in [3.63, 3.8) is 0 Å². The Kier molecular flexibility index (Phi) is 6.54. The molecule has 1 aromatic heterocycles. The van der Waals surface area contributed by atoms with Gasteiger partial charge in [0, 0.05) is 49.5 Å². The molecule has 3 N–H and O–H groups in total. The number of nitrogens with one attached hydrogen (secondary N) is 1. The summed E-state index contributed by atoms with van der Waals surface area (Å²) in [5.74, 6) is -4.07. The smallest absolute Gasteiger partial charge is 0.274 e. The highest BCUT2D eigenvalue weighted by molar-refractivity contribution is 5.99. The van der Waals surface area contributed by atoms with E-state index < -0.39 is 45.7 Å². The fourth-order valence-electron chi connectivity index (χ4n) is 4.34. The molecule has 4 rings (SSSR count). The summed E-state index contributed by atoms with van der Waals surface area (Å²) in [4.78, 5) is 40.0. The Hall–Kier alpha value is -2.98. The molecular weight excluding hydrogens is 460 g/mol. The molecule has 0 saturated heterocycles. The molecule has 1 spiro atoms. The molecule has 11 heteroatoms. The lowest BCUT2D eigenvalue weighted by atomic mass is 10.0. The number of aliphatic hydroxyl groups is 1. The molecule has 2 atom stereocenters. The highest BCUT2D eigenvalue weighted by Gasteiger charge is 2.60. The van der Waals surface area contributed by atoms with E-state index in [4.69, 9.17) is 0 Å². The first-order chi connectivity index (χ1) is 15.1. The summed E-state index contributed by atoms with van der Waals surface area (Å²) in [6.07, 6.45) is 1.73. The summed E-state index contributed by atoms with van der Waals surface area (Å²) in [6, 6.07) is 2.70. The number of nitrogens with zero attached hydrogens (tertiary/aromatic N) is 2. The Morgan fingerprint density at radius 1 is 1.30 bits per heavy atom. The fourth-order valence-corrected chi connectivity index (χ4v) is 4.34. The molecule has 33 heavy (non-hydrogen) atoms. The minimum Gasteiger partial charge on any atom is -0.503 e. The quantitative estimate of drug-likeness (QED) is 0.600. The van der Waals surface area contributed by atoms with Gasteiger partial charge in [0.25, 0.3) is 11.8 Å². The van der Waals surface area contributed by atoms with Crippen LogP contribution in [0.1, 0.15) is 46.7 Å². The summed E-state index contributed by atoms with van der Waals surface area (Å²) in [5, 5.41) is 22.7. The number of aromatic hydroxyl groups is 1. The van der Waals surface area contributed by atoms with E-state index in [9.17, 15) is 33.4 Å². The van der Waals surface area contributed by atoms with Crippen molar-refractivity contribution in [2.45, 2.75) is 38.4 Å². The van der Waals surface area contributed by atoms with Gasteiger partial charge in [-0.05, 0) is 26.3 Å². The van der Waals surface area contributed by atoms with Crippen molar-refractivity contribution in [2.24, 2.45) is 5.92 Å². The Labute approximate surface area is 194 Å². The van der Waals surface area contributed by atoms with Crippen LogP contribution >= 0.6 is 12.4 Å². The van der Waals surface area contributed by atoms with E-state index in [0.29, 0.717) is 12.5 Å². The summed E-state index contributed by atoms with van der Waals surface area (Å²) >= 11 is 0. The Morgan fingerprint density at radius 2 is 2.00 bits per heavy atom. The van der Waals surface area contributed by atoms with Crippen LogP contribution < -0.4 is 10.7 Å². The van der Waals surface area contributed by atoms with Crippen LogP contribution in [0.2, 0.25) is 0 Å². The van der Waals surface area contributed by atoms with Crippen LogP contribution in [0, 0.1) is 17.6 Å². The molecule has 0 unspecified atom stereocenters. The molecule has 2 heterocycles. The van der Waals surface area contributed by atoms with Crippen molar-refractivity contribution < 1.29 is 28.6 Å². The zero-order valence-corrected chi connectivity index (χ0v) is 18.8. The number of fused-ring (bicyclic) bond motifs is 2. The number of amides is 2. The first-order valence-corrected chi connectivity index (χ1v) is 10.2. The van der Waals surface area contributed by atoms with Crippen molar-refractivity contribution in [3.05, 3.63) is 63.1 Å². The largest absolute Gasteiger partial charge is 0.503 e. The molecule has 2 amide bonds. The number of aromatic nitrogens is 1. The number of pyridine rings is 1. The second kappa shape index (κ2) is 8.75. The van der Waals surface area contributed by atoms with Crippen LogP contribution in [-0.4, -0.2) is 50.7 Å². The third-order valence-corrected chi connectivity index (χ3v) is 6.31. The van der Waals surface area contributed by atoms with Crippen LogP contribution in [-0.2, 0) is 12.1 Å². The average molecular weight is 484 g/mol. The summed E-state index contributed by atoms with van der Waals surface area (Å²) in [5.41, 5.74) is -2.37. The minimum absolute atomic E-state index is 0.